The van der Waals surface area contributed by atoms with Crippen molar-refractivity contribution < 1.29 is 14.3 Å². The standard InChI is InChI=1S/C14H15ClN2O3S/c1-20-11-3-2-9(15)8-10(11)16-13(19)14-5-4-12(18)17(14)6-7-21-14/h2-3,8H,4-7H2,1H3,(H,16,19)/t14-/m1/s1. The molecule has 0 bridgehead atoms. The molecule has 2 saturated heterocycles. The van der Waals surface area contributed by atoms with Gasteiger partial charge in [-0.2, -0.15) is 0 Å². The number of carbonyl (C=O) groups excluding carboxylic acids is 2. The third-order valence-corrected chi connectivity index (χ3v) is 5.54. The zero-order chi connectivity index (χ0) is 15.0. The number of hydrogen-bond acceptors (Lipinski definition) is 4. The minimum atomic E-state index is -0.773. The van der Waals surface area contributed by atoms with Crippen LogP contribution in [-0.4, -0.2) is 41.0 Å². The molecule has 21 heavy (non-hydrogen) atoms. The van der Waals surface area contributed by atoms with Gasteiger partial charge in [0.15, 0.2) is 4.87 Å². The summed E-state index contributed by atoms with van der Waals surface area (Å²) in [6.45, 7) is 0.629. The number of rotatable bonds is 3. The Hall–Kier alpha value is -1.40. The van der Waals surface area contributed by atoms with Crippen molar-refractivity contribution in [3.8, 4) is 5.75 Å². The Labute approximate surface area is 132 Å². The number of carbonyl (C=O) groups is 2. The molecule has 1 atom stereocenters. The number of methoxy groups -OCH3 is 1. The van der Waals surface area contributed by atoms with E-state index in [1.807, 2.05) is 0 Å². The molecule has 7 heteroatoms. The van der Waals surface area contributed by atoms with Crippen molar-refractivity contribution in [1.29, 1.82) is 0 Å². The predicted octanol–water partition coefficient (Wildman–Crippen LogP) is 2.35. The molecule has 1 aromatic rings. The Balaban J connectivity index is 1.87. The van der Waals surface area contributed by atoms with Gasteiger partial charge in [0.25, 0.3) is 5.91 Å². The van der Waals surface area contributed by atoms with Gasteiger partial charge in [0, 0.05) is 23.7 Å². The third kappa shape index (κ3) is 2.36. The summed E-state index contributed by atoms with van der Waals surface area (Å²) >= 11 is 7.50. The monoisotopic (exact) mass is 326 g/mol. The van der Waals surface area contributed by atoms with Crippen LogP contribution in [0.5, 0.6) is 5.75 Å². The largest absolute Gasteiger partial charge is 0.495 e. The number of fused-ring (bicyclic) bond motifs is 1. The summed E-state index contributed by atoms with van der Waals surface area (Å²) in [7, 11) is 1.53. The van der Waals surface area contributed by atoms with Crippen LogP contribution in [0.4, 0.5) is 5.69 Å². The Morgan fingerprint density at radius 2 is 2.33 bits per heavy atom. The van der Waals surface area contributed by atoms with Crippen LogP contribution < -0.4 is 10.1 Å². The Bertz CT molecular complexity index is 610. The van der Waals surface area contributed by atoms with Crippen molar-refractivity contribution >= 4 is 40.9 Å². The second kappa shape index (κ2) is 5.42. The Kier molecular flexibility index (Phi) is 3.75. The highest BCUT2D eigenvalue weighted by Gasteiger charge is 2.54. The predicted molar refractivity (Wildman–Crippen MR) is 82.8 cm³/mol. The number of amides is 2. The van der Waals surface area contributed by atoms with Gasteiger partial charge in [0.05, 0.1) is 12.8 Å². The topological polar surface area (TPSA) is 58.6 Å². The zero-order valence-corrected chi connectivity index (χ0v) is 13.1. The van der Waals surface area contributed by atoms with Crippen molar-refractivity contribution in [2.75, 3.05) is 24.7 Å². The number of thioether (sulfide) groups is 1. The summed E-state index contributed by atoms with van der Waals surface area (Å²) in [5, 5.41) is 3.38. The molecule has 0 unspecified atom stereocenters. The van der Waals surface area contributed by atoms with Gasteiger partial charge in [0.2, 0.25) is 5.91 Å². The van der Waals surface area contributed by atoms with Crippen LogP contribution in [-0.2, 0) is 9.59 Å². The summed E-state index contributed by atoms with van der Waals surface area (Å²) in [5.74, 6) is 1.19. The first-order valence-electron chi connectivity index (χ1n) is 6.66. The van der Waals surface area contributed by atoms with Crippen molar-refractivity contribution in [3.63, 3.8) is 0 Å². The van der Waals surface area contributed by atoms with Gasteiger partial charge >= 0.3 is 0 Å². The van der Waals surface area contributed by atoms with Crippen molar-refractivity contribution in [2.45, 2.75) is 17.7 Å². The van der Waals surface area contributed by atoms with Crippen LogP contribution >= 0.6 is 23.4 Å². The normalized spacial score (nSPS) is 24.1. The van der Waals surface area contributed by atoms with Crippen LogP contribution in [0.15, 0.2) is 18.2 Å². The van der Waals surface area contributed by atoms with Gasteiger partial charge in [-0.25, -0.2) is 0 Å². The second-order valence-electron chi connectivity index (χ2n) is 4.98. The van der Waals surface area contributed by atoms with Gasteiger partial charge in [-0.15, -0.1) is 11.8 Å². The second-order valence-corrected chi connectivity index (χ2v) is 6.79. The SMILES string of the molecule is COc1ccc(Cl)cc1NC(=O)[C@]12CCC(=O)N1CCS2. The maximum Gasteiger partial charge on any atom is 0.261 e. The van der Waals surface area contributed by atoms with Gasteiger partial charge in [-0.3, -0.25) is 9.59 Å². The molecule has 2 amide bonds. The quantitative estimate of drug-likeness (QED) is 0.926. The Morgan fingerprint density at radius 1 is 1.52 bits per heavy atom. The number of benzene rings is 1. The fraction of sp³-hybridized carbons (Fsp3) is 0.429. The van der Waals surface area contributed by atoms with E-state index in [9.17, 15) is 9.59 Å². The highest BCUT2D eigenvalue weighted by Crippen LogP contribution is 2.45. The summed E-state index contributed by atoms with van der Waals surface area (Å²) in [4.78, 5) is 25.5. The lowest BCUT2D eigenvalue weighted by Gasteiger charge is -2.29. The van der Waals surface area contributed by atoms with Gasteiger partial charge in [-0.1, -0.05) is 11.6 Å². The lowest BCUT2D eigenvalue weighted by molar-refractivity contribution is -0.133. The molecule has 1 aromatic carbocycles. The van der Waals surface area contributed by atoms with E-state index >= 15 is 0 Å². The van der Waals surface area contributed by atoms with E-state index in [4.69, 9.17) is 16.3 Å². The highest BCUT2D eigenvalue weighted by atomic mass is 35.5. The molecule has 0 aromatic heterocycles. The van der Waals surface area contributed by atoms with Gasteiger partial charge in [0.1, 0.15) is 5.75 Å². The fourth-order valence-electron chi connectivity index (χ4n) is 2.81. The molecule has 0 spiro atoms. The van der Waals surface area contributed by atoms with Crippen molar-refractivity contribution in [2.24, 2.45) is 0 Å². The summed E-state index contributed by atoms with van der Waals surface area (Å²) in [6.07, 6.45) is 0.971. The molecule has 0 saturated carbocycles. The molecule has 0 aliphatic carbocycles. The lowest BCUT2D eigenvalue weighted by atomic mass is 10.2. The van der Waals surface area contributed by atoms with E-state index in [1.165, 1.54) is 18.9 Å². The minimum Gasteiger partial charge on any atom is -0.495 e. The van der Waals surface area contributed by atoms with E-state index in [1.54, 1.807) is 23.1 Å². The van der Waals surface area contributed by atoms with E-state index < -0.39 is 4.87 Å². The first-order valence-corrected chi connectivity index (χ1v) is 8.02. The van der Waals surface area contributed by atoms with Crippen LogP contribution in [0.1, 0.15) is 12.8 Å². The maximum absolute atomic E-state index is 12.7. The third-order valence-electron chi connectivity index (χ3n) is 3.84. The highest BCUT2D eigenvalue weighted by molar-refractivity contribution is 8.01. The molecular weight excluding hydrogens is 312 g/mol. The summed E-state index contributed by atoms with van der Waals surface area (Å²) in [5.41, 5.74) is 0.524. The molecule has 5 nitrogen and oxygen atoms in total. The molecule has 2 aliphatic rings. The molecule has 1 N–H and O–H groups in total. The molecular formula is C14H15ClN2O3S. The number of anilines is 1. The van der Waals surface area contributed by atoms with Crippen LogP contribution in [0.2, 0.25) is 5.02 Å². The van der Waals surface area contributed by atoms with Gasteiger partial charge < -0.3 is 15.0 Å². The van der Waals surface area contributed by atoms with Gasteiger partial charge in [-0.05, 0) is 24.6 Å². The van der Waals surface area contributed by atoms with E-state index in [2.05, 4.69) is 5.32 Å². The minimum absolute atomic E-state index is 0.0493. The number of ether oxygens (including phenoxy) is 1. The summed E-state index contributed by atoms with van der Waals surface area (Å²) in [6, 6.07) is 5.05. The van der Waals surface area contributed by atoms with Crippen molar-refractivity contribution in [3.05, 3.63) is 23.2 Å². The first kappa shape index (κ1) is 14.5. The lowest BCUT2D eigenvalue weighted by Crippen LogP contribution is -2.48. The smallest absolute Gasteiger partial charge is 0.261 e. The number of nitrogens with zero attached hydrogens (tertiary/aromatic N) is 1. The van der Waals surface area contributed by atoms with E-state index in [0.717, 1.165) is 5.75 Å². The number of nitrogens with one attached hydrogen (secondary N) is 1. The number of hydrogen-bond donors (Lipinski definition) is 1. The molecule has 3 rings (SSSR count). The van der Waals surface area contributed by atoms with Crippen LogP contribution in [0.25, 0.3) is 0 Å². The Morgan fingerprint density at radius 3 is 3.10 bits per heavy atom. The molecule has 2 aliphatic heterocycles. The molecule has 2 heterocycles. The van der Waals surface area contributed by atoms with Crippen molar-refractivity contribution in [1.82, 2.24) is 4.90 Å². The summed E-state index contributed by atoms with van der Waals surface area (Å²) < 4.78 is 5.23. The molecule has 2 fully saturated rings. The average molecular weight is 327 g/mol. The number of halogens is 1. The fourth-order valence-corrected chi connectivity index (χ4v) is 4.37. The first-order chi connectivity index (χ1) is 10.1. The van der Waals surface area contributed by atoms with E-state index in [0.29, 0.717) is 35.8 Å². The van der Waals surface area contributed by atoms with Crippen LogP contribution in [0.3, 0.4) is 0 Å². The maximum atomic E-state index is 12.7. The van der Waals surface area contributed by atoms with Crippen LogP contribution in [0, 0.1) is 0 Å². The zero-order valence-electron chi connectivity index (χ0n) is 11.5. The molecule has 112 valence electrons. The molecule has 0 radical (unpaired) electrons. The van der Waals surface area contributed by atoms with E-state index in [-0.39, 0.29) is 11.8 Å². The average Bonchev–Trinajstić information content (AvgIpc) is 3.01.